The number of esters is 1. The zero-order chi connectivity index (χ0) is 13.7. The number of ether oxygens (including phenoxy) is 1. The molecular weight excluding hydrogens is 264 g/mol. The van der Waals surface area contributed by atoms with Gasteiger partial charge >= 0.3 is 5.97 Å². The van der Waals surface area contributed by atoms with Crippen LogP contribution in [0, 0.1) is 0 Å². The smallest absolute Gasteiger partial charge is 0.306 e. The van der Waals surface area contributed by atoms with E-state index in [-0.39, 0.29) is 24.9 Å². The summed E-state index contributed by atoms with van der Waals surface area (Å²) in [6.07, 6.45) is 0.767. The molecule has 0 bridgehead atoms. The van der Waals surface area contributed by atoms with Crippen LogP contribution in [0.25, 0.3) is 10.2 Å². The first-order valence-corrected chi connectivity index (χ1v) is 6.71. The maximum absolute atomic E-state index is 11.4. The first-order chi connectivity index (χ1) is 9.19. The molecule has 0 radical (unpaired) electrons. The van der Waals surface area contributed by atoms with Gasteiger partial charge in [-0.05, 0) is 12.1 Å². The third kappa shape index (κ3) is 3.75. The Bertz CT molecular complexity index is 561. The highest BCUT2D eigenvalue weighted by atomic mass is 32.1. The predicted molar refractivity (Wildman–Crippen MR) is 73.0 cm³/mol. The van der Waals surface area contributed by atoms with Crippen molar-refractivity contribution in [2.24, 2.45) is 0 Å². The van der Waals surface area contributed by atoms with Crippen LogP contribution in [0.4, 0.5) is 0 Å². The SMILES string of the molecule is CNC(=O)COC(=O)CCc1nc2ccccc2s1. The Labute approximate surface area is 114 Å². The van der Waals surface area contributed by atoms with Gasteiger partial charge in [-0.3, -0.25) is 9.59 Å². The summed E-state index contributed by atoms with van der Waals surface area (Å²) >= 11 is 1.57. The maximum Gasteiger partial charge on any atom is 0.306 e. The molecule has 1 N–H and O–H groups in total. The van der Waals surface area contributed by atoms with Gasteiger partial charge in [-0.2, -0.15) is 0 Å². The van der Waals surface area contributed by atoms with Gasteiger partial charge < -0.3 is 10.1 Å². The van der Waals surface area contributed by atoms with E-state index in [1.54, 1.807) is 11.3 Å². The molecule has 2 rings (SSSR count). The summed E-state index contributed by atoms with van der Waals surface area (Å²) in [6, 6.07) is 7.84. The number of para-hydroxylation sites is 1. The summed E-state index contributed by atoms with van der Waals surface area (Å²) in [5.74, 6) is -0.698. The van der Waals surface area contributed by atoms with Crippen molar-refractivity contribution < 1.29 is 14.3 Å². The largest absolute Gasteiger partial charge is 0.456 e. The Kier molecular flexibility index (Phi) is 4.46. The van der Waals surface area contributed by atoms with E-state index in [0.717, 1.165) is 15.2 Å². The van der Waals surface area contributed by atoms with Crippen LogP contribution in [0.3, 0.4) is 0 Å². The van der Waals surface area contributed by atoms with Crippen LogP contribution in [-0.4, -0.2) is 30.5 Å². The summed E-state index contributed by atoms with van der Waals surface area (Å²) in [5.41, 5.74) is 0.946. The lowest BCUT2D eigenvalue weighted by Gasteiger charge is -2.02. The van der Waals surface area contributed by atoms with Crippen molar-refractivity contribution >= 4 is 33.4 Å². The molecule has 0 atom stereocenters. The number of thiazole rings is 1. The minimum atomic E-state index is -0.386. The van der Waals surface area contributed by atoms with Crippen LogP contribution in [-0.2, 0) is 20.7 Å². The van der Waals surface area contributed by atoms with Crippen LogP contribution in [0.1, 0.15) is 11.4 Å². The molecule has 1 amide bonds. The van der Waals surface area contributed by atoms with Crippen molar-refractivity contribution in [3.05, 3.63) is 29.3 Å². The standard InChI is InChI=1S/C13H14N2O3S/c1-14-11(16)8-18-13(17)7-6-12-15-9-4-2-3-5-10(9)19-12/h2-5H,6-8H2,1H3,(H,14,16). The van der Waals surface area contributed by atoms with Gasteiger partial charge in [0, 0.05) is 13.5 Å². The molecule has 0 saturated heterocycles. The number of nitrogens with zero attached hydrogens (tertiary/aromatic N) is 1. The zero-order valence-electron chi connectivity index (χ0n) is 10.5. The van der Waals surface area contributed by atoms with Crippen LogP contribution in [0.15, 0.2) is 24.3 Å². The van der Waals surface area contributed by atoms with Gasteiger partial charge in [0.1, 0.15) is 0 Å². The monoisotopic (exact) mass is 278 g/mol. The number of amides is 1. The van der Waals surface area contributed by atoms with E-state index in [1.165, 1.54) is 7.05 Å². The zero-order valence-corrected chi connectivity index (χ0v) is 11.3. The fourth-order valence-corrected chi connectivity index (χ4v) is 2.49. The number of likely N-dealkylation sites (N-methyl/N-ethyl adjacent to an activating group) is 1. The number of carbonyl (C=O) groups excluding carboxylic acids is 2. The topological polar surface area (TPSA) is 68.3 Å². The summed E-state index contributed by atoms with van der Waals surface area (Å²) in [7, 11) is 1.50. The molecule has 6 heteroatoms. The highest BCUT2D eigenvalue weighted by Crippen LogP contribution is 2.22. The molecule has 0 spiro atoms. The second-order valence-electron chi connectivity index (χ2n) is 3.91. The Balaban J connectivity index is 1.84. The molecule has 0 aliphatic carbocycles. The molecule has 5 nitrogen and oxygen atoms in total. The molecule has 0 aliphatic rings. The number of hydrogen-bond donors (Lipinski definition) is 1. The summed E-state index contributed by atoms with van der Waals surface area (Å²) in [5, 5.41) is 3.29. The van der Waals surface area contributed by atoms with E-state index in [1.807, 2.05) is 24.3 Å². The molecule has 100 valence electrons. The van der Waals surface area contributed by atoms with Crippen molar-refractivity contribution in [3.8, 4) is 0 Å². The number of nitrogens with one attached hydrogen (secondary N) is 1. The van der Waals surface area contributed by atoms with Gasteiger partial charge in [0.05, 0.1) is 21.6 Å². The van der Waals surface area contributed by atoms with Crippen molar-refractivity contribution in [1.82, 2.24) is 10.3 Å². The molecule has 1 aromatic carbocycles. The molecule has 1 heterocycles. The molecule has 2 aromatic rings. The average molecular weight is 278 g/mol. The molecule has 19 heavy (non-hydrogen) atoms. The van der Waals surface area contributed by atoms with Crippen molar-refractivity contribution in [2.75, 3.05) is 13.7 Å². The number of carbonyl (C=O) groups is 2. The lowest BCUT2D eigenvalue weighted by atomic mass is 10.3. The average Bonchev–Trinajstić information content (AvgIpc) is 2.85. The van der Waals surface area contributed by atoms with Gasteiger partial charge in [-0.25, -0.2) is 4.98 Å². The fourth-order valence-electron chi connectivity index (χ4n) is 1.53. The molecule has 0 aliphatic heterocycles. The minimum absolute atomic E-state index is 0.227. The van der Waals surface area contributed by atoms with Crippen molar-refractivity contribution in [3.63, 3.8) is 0 Å². The lowest BCUT2D eigenvalue weighted by Crippen LogP contribution is -2.25. The minimum Gasteiger partial charge on any atom is -0.456 e. The fraction of sp³-hybridized carbons (Fsp3) is 0.308. The van der Waals surface area contributed by atoms with E-state index in [4.69, 9.17) is 4.74 Å². The number of aromatic nitrogens is 1. The molecule has 0 unspecified atom stereocenters. The number of fused-ring (bicyclic) bond motifs is 1. The van der Waals surface area contributed by atoms with E-state index in [9.17, 15) is 9.59 Å². The van der Waals surface area contributed by atoms with E-state index >= 15 is 0 Å². The summed E-state index contributed by atoms with van der Waals surface area (Å²) in [4.78, 5) is 26.8. The van der Waals surface area contributed by atoms with Gasteiger partial charge in [0.15, 0.2) is 6.61 Å². The normalized spacial score (nSPS) is 10.4. The van der Waals surface area contributed by atoms with Crippen LogP contribution < -0.4 is 5.32 Å². The van der Waals surface area contributed by atoms with Crippen molar-refractivity contribution in [2.45, 2.75) is 12.8 Å². The van der Waals surface area contributed by atoms with Crippen molar-refractivity contribution in [1.29, 1.82) is 0 Å². The van der Waals surface area contributed by atoms with E-state index in [0.29, 0.717) is 6.42 Å². The first-order valence-electron chi connectivity index (χ1n) is 5.89. The quantitative estimate of drug-likeness (QED) is 0.842. The summed E-state index contributed by atoms with van der Waals surface area (Å²) in [6.45, 7) is -0.227. The van der Waals surface area contributed by atoms with Crippen LogP contribution in [0.5, 0.6) is 0 Å². The van der Waals surface area contributed by atoms with Gasteiger partial charge in [0.25, 0.3) is 5.91 Å². The Morgan fingerprint density at radius 1 is 1.37 bits per heavy atom. The third-order valence-electron chi connectivity index (χ3n) is 2.52. The number of rotatable bonds is 5. The highest BCUT2D eigenvalue weighted by molar-refractivity contribution is 7.18. The molecule has 0 fully saturated rings. The highest BCUT2D eigenvalue weighted by Gasteiger charge is 2.09. The maximum atomic E-state index is 11.4. The van der Waals surface area contributed by atoms with Gasteiger partial charge in [-0.1, -0.05) is 12.1 Å². The second-order valence-corrected chi connectivity index (χ2v) is 5.02. The summed E-state index contributed by atoms with van der Waals surface area (Å²) < 4.78 is 5.92. The number of benzene rings is 1. The van der Waals surface area contributed by atoms with Gasteiger partial charge in [-0.15, -0.1) is 11.3 Å². The van der Waals surface area contributed by atoms with E-state index < -0.39 is 0 Å². The predicted octanol–water partition coefficient (Wildman–Crippen LogP) is 1.52. The van der Waals surface area contributed by atoms with E-state index in [2.05, 4.69) is 10.3 Å². The molecular formula is C13H14N2O3S. The molecule has 1 aromatic heterocycles. The Morgan fingerprint density at radius 3 is 2.89 bits per heavy atom. The Morgan fingerprint density at radius 2 is 2.16 bits per heavy atom. The number of aryl methyl sites for hydroxylation is 1. The Hall–Kier alpha value is -1.95. The second kappa shape index (κ2) is 6.29. The lowest BCUT2D eigenvalue weighted by molar-refractivity contribution is -0.148. The van der Waals surface area contributed by atoms with Crippen LogP contribution in [0.2, 0.25) is 0 Å². The van der Waals surface area contributed by atoms with Gasteiger partial charge in [0.2, 0.25) is 0 Å². The van der Waals surface area contributed by atoms with Crippen LogP contribution >= 0.6 is 11.3 Å². The first kappa shape index (κ1) is 13.5. The number of hydrogen-bond acceptors (Lipinski definition) is 5. The molecule has 0 saturated carbocycles. The third-order valence-corrected chi connectivity index (χ3v) is 3.62.